The molecule has 1 N–H and O–H groups in total. The van der Waals surface area contributed by atoms with Crippen molar-refractivity contribution < 1.29 is 13.5 Å². The van der Waals surface area contributed by atoms with Crippen LogP contribution in [0, 0.1) is 11.6 Å². The van der Waals surface area contributed by atoms with Crippen LogP contribution in [0.15, 0.2) is 30.3 Å². The van der Waals surface area contributed by atoms with Crippen molar-refractivity contribution in [1.82, 2.24) is 15.5 Å². The molecule has 0 spiro atoms. The van der Waals surface area contributed by atoms with E-state index in [0.29, 0.717) is 6.54 Å². The largest absolute Gasteiger partial charge is 0.437 e. The van der Waals surface area contributed by atoms with Gasteiger partial charge in [-0.25, -0.2) is 8.78 Å². The summed E-state index contributed by atoms with van der Waals surface area (Å²) in [6.45, 7) is 3.62. The minimum Gasteiger partial charge on any atom is -0.437 e. The highest BCUT2D eigenvalue weighted by Crippen LogP contribution is 2.20. The first-order valence-electron chi connectivity index (χ1n) is 6.35. The second-order valence-electron chi connectivity index (χ2n) is 4.22. The van der Waals surface area contributed by atoms with Crippen LogP contribution in [-0.4, -0.2) is 16.7 Å². The lowest BCUT2D eigenvalue weighted by Gasteiger charge is -2.05. The topological polar surface area (TPSA) is 47.0 Å². The van der Waals surface area contributed by atoms with E-state index in [-0.39, 0.29) is 11.6 Å². The third kappa shape index (κ3) is 3.96. The Bertz CT molecular complexity index is 561. The highest BCUT2D eigenvalue weighted by atomic mass is 19.2. The molecule has 0 aliphatic heterocycles. The van der Waals surface area contributed by atoms with Gasteiger partial charge in [-0.1, -0.05) is 6.92 Å². The van der Waals surface area contributed by atoms with Crippen LogP contribution in [0.2, 0.25) is 0 Å². The van der Waals surface area contributed by atoms with Gasteiger partial charge < -0.3 is 10.1 Å². The van der Waals surface area contributed by atoms with E-state index in [0.717, 1.165) is 30.8 Å². The number of hydrogen-bond acceptors (Lipinski definition) is 4. The van der Waals surface area contributed by atoms with E-state index in [1.807, 2.05) is 0 Å². The normalized spacial score (nSPS) is 10.6. The molecule has 0 amide bonds. The van der Waals surface area contributed by atoms with Crippen LogP contribution < -0.4 is 10.1 Å². The van der Waals surface area contributed by atoms with E-state index in [1.54, 1.807) is 12.1 Å². The Morgan fingerprint density at radius 2 is 1.95 bits per heavy atom. The summed E-state index contributed by atoms with van der Waals surface area (Å²) in [5.74, 6) is -1.47. The maximum atomic E-state index is 13.0. The van der Waals surface area contributed by atoms with E-state index in [2.05, 4.69) is 22.4 Å². The number of aromatic nitrogens is 2. The van der Waals surface area contributed by atoms with E-state index in [4.69, 9.17) is 4.74 Å². The zero-order valence-corrected chi connectivity index (χ0v) is 11.1. The fraction of sp³-hybridized carbons (Fsp3) is 0.286. The fourth-order valence-electron chi connectivity index (χ4n) is 1.55. The van der Waals surface area contributed by atoms with Crippen LogP contribution >= 0.6 is 0 Å². The van der Waals surface area contributed by atoms with Crippen molar-refractivity contribution in [2.75, 3.05) is 6.54 Å². The molecule has 4 nitrogen and oxygen atoms in total. The first-order valence-corrected chi connectivity index (χ1v) is 6.35. The molecule has 106 valence electrons. The minimum atomic E-state index is -0.962. The number of benzene rings is 1. The Balaban J connectivity index is 1.97. The predicted octanol–water partition coefficient (Wildman–Crippen LogP) is 3.05. The summed E-state index contributed by atoms with van der Waals surface area (Å²) >= 11 is 0. The lowest BCUT2D eigenvalue weighted by Crippen LogP contribution is -2.15. The van der Waals surface area contributed by atoms with Crippen LogP contribution in [0.5, 0.6) is 11.6 Å². The van der Waals surface area contributed by atoms with E-state index < -0.39 is 11.6 Å². The molecule has 0 bridgehead atoms. The molecule has 0 fully saturated rings. The predicted molar refractivity (Wildman–Crippen MR) is 70.5 cm³/mol. The summed E-state index contributed by atoms with van der Waals surface area (Å²) in [4.78, 5) is 0. The SMILES string of the molecule is CCCNCc1ccc(Oc2ccc(F)c(F)c2)nn1. The standard InChI is InChI=1S/C14H15F2N3O/c1-2-7-17-9-10-3-6-14(19-18-10)20-11-4-5-12(15)13(16)8-11/h3-6,8,17H,2,7,9H2,1H3. The molecule has 2 rings (SSSR count). The Morgan fingerprint density at radius 3 is 2.60 bits per heavy atom. The van der Waals surface area contributed by atoms with Crippen LogP contribution in [0.4, 0.5) is 8.78 Å². The molecule has 20 heavy (non-hydrogen) atoms. The van der Waals surface area contributed by atoms with Crippen LogP contribution in [-0.2, 0) is 6.54 Å². The summed E-state index contributed by atoms with van der Waals surface area (Å²) in [5.41, 5.74) is 0.788. The third-order valence-electron chi connectivity index (χ3n) is 2.54. The zero-order chi connectivity index (χ0) is 14.4. The van der Waals surface area contributed by atoms with Crippen molar-refractivity contribution in [1.29, 1.82) is 0 Å². The molecule has 1 aromatic carbocycles. The van der Waals surface area contributed by atoms with Gasteiger partial charge in [-0.3, -0.25) is 0 Å². The molecule has 6 heteroatoms. The highest BCUT2D eigenvalue weighted by Gasteiger charge is 2.05. The van der Waals surface area contributed by atoms with Gasteiger partial charge in [-0.15, -0.1) is 5.10 Å². The third-order valence-corrected chi connectivity index (χ3v) is 2.54. The van der Waals surface area contributed by atoms with E-state index in [1.165, 1.54) is 6.07 Å². The van der Waals surface area contributed by atoms with Crippen LogP contribution in [0.3, 0.4) is 0 Å². The second kappa shape index (κ2) is 6.91. The summed E-state index contributed by atoms with van der Waals surface area (Å²) in [6, 6.07) is 6.70. The maximum absolute atomic E-state index is 13.0. The number of nitrogens with zero attached hydrogens (tertiary/aromatic N) is 2. The van der Waals surface area contributed by atoms with Crippen molar-refractivity contribution in [2.24, 2.45) is 0 Å². The molecule has 0 saturated heterocycles. The van der Waals surface area contributed by atoms with Gasteiger partial charge in [0.15, 0.2) is 11.6 Å². The Labute approximate surface area is 115 Å². The molecule has 1 heterocycles. The second-order valence-corrected chi connectivity index (χ2v) is 4.22. The van der Waals surface area contributed by atoms with Crippen LogP contribution in [0.1, 0.15) is 19.0 Å². The van der Waals surface area contributed by atoms with Crippen molar-refractivity contribution in [3.05, 3.63) is 47.7 Å². The summed E-state index contributed by atoms with van der Waals surface area (Å²) < 4.78 is 31.1. The fourth-order valence-corrected chi connectivity index (χ4v) is 1.55. The van der Waals surface area contributed by atoms with Gasteiger partial charge in [-0.05, 0) is 31.2 Å². The lowest BCUT2D eigenvalue weighted by molar-refractivity contribution is 0.440. The van der Waals surface area contributed by atoms with Gasteiger partial charge in [0, 0.05) is 18.7 Å². The number of nitrogens with one attached hydrogen (secondary N) is 1. The quantitative estimate of drug-likeness (QED) is 0.826. The Kier molecular flexibility index (Phi) is 4.95. The number of ether oxygens (including phenoxy) is 1. The number of halogens is 2. The van der Waals surface area contributed by atoms with Crippen molar-refractivity contribution in [2.45, 2.75) is 19.9 Å². The smallest absolute Gasteiger partial charge is 0.238 e. The van der Waals surface area contributed by atoms with Crippen molar-refractivity contribution in [3.63, 3.8) is 0 Å². The average Bonchev–Trinajstić information content (AvgIpc) is 2.45. The molecule has 0 saturated carbocycles. The van der Waals surface area contributed by atoms with Gasteiger partial charge in [0.1, 0.15) is 5.75 Å². The molecule has 0 aliphatic carbocycles. The lowest BCUT2D eigenvalue weighted by atomic mass is 10.3. The van der Waals surface area contributed by atoms with Gasteiger partial charge in [0.05, 0.1) is 5.69 Å². The molecule has 0 atom stereocenters. The Hall–Kier alpha value is -2.08. The number of hydrogen-bond donors (Lipinski definition) is 1. The van der Waals surface area contributed by atoms with E-state index in [9.17, 15) is 8.78 Å². The van der Waals surface area contributed by atoms with Gasteiger partial charge in [-0.2, -0.15) is 5.10 Å². The molecule has 2 aromatic rings. The highest BCUT2D eigenvalue weighted by molar-refractivity contribution is 5.27. The van der Waals surface area contributed by atoms with Crippen molar-refractivity contribution in [3.8, 4) is 11.6 Å². The first-order chi connectivity index (χ1) is 9.69. The van der Waals surface area contributed by atoms with Crippen molar-refractivity contribution >= 4 is 0 Å². The molecule has 0 radical (unpaired) electrons. The summed E-state index contributed by atoms with van der Waals surface area (Å²) in [6.07, 6.45) is 1.05. The van der Waals surface area contributed by atoms with Gasteiger partial charge >= 0.3 is 0 Å². The molecule has 1 aromatic heterocycles. The summed E-state index contributed by atoms with van der Waals surface area (Å²) in [5, 5.41) is 11.1. The first kappa shape index (κ1) is 14.3. The van der Waals surface area contributed by atoms with Gasteiger partial charge in [0.2, 0.25) is 5.88 Å². The monoisotopic (exact) mass is 279 g/mol. The molecule has 0 aliphatic rings. The number of rotatable bonds is 6. The van der Waals surface area contributed by atoms with Crippen LogP contribution in [0.25, 0.3) is 0 Å². The zero-order valence-electron chi connectivity index (χ0n) is 11.1. The summed E-state index contributed by atoms with van der Waals surface area (Å²) in [7, 11) is 0. The molecule has 0 unspecified atom stereocenters. The van der Waals surface area contributed by atoms with E-state index >= 15 is 0 Å². The minimum absolute atomic E-state index is 0.176. The Morgan fingerprint density at radius 1 is 1.10 bits per heavy atom. The molecular formula is C14H15F2N3O. The molecular weight excluding hydrogens is 264 g/mol. The maximum Gasteiger partial charge on any atom is 0.238 e. The average molecular weight is 279 g/mol. The van der Waals surface area contributed by atoms with Gasteiger partial charge in [0.25, 0.3) is 0 Å².